The molecule has 0 aliphatic carbocycles. The monoisotopic (exact) mass is 233 g/mol. The number of allylic oxidation sites excluding steroid dienone is 1. The second-order valence-electron chi connectivity index (χ2n) is 3.49. The van der Waals surface area contributed by atoms with E-state index in [-0.39, 0.29) is 0 Å². The van der Waals surface area contributed by atoms with E-state index in [0.717, 1.165) is 5.56 Å². The third-order valence-corrected chi connectivity index (χ3v) is 2.19. The molecular formula is C17H15N. The number of hydrogen-bond donors (Lipinski definition) is 0. The van der Waals surface area contributed by atoms with Gasteiger partial charge in [-0.25, -0.2) is 0 Å². The summed E-state index contributed by atoms with van der Waals surface area (Å²) in [5, 5.41) is 8.19. The third kappa shape index (κ3) is 5.48. The molecule has 0 radical (unpaired) electrons. The summed E-state index contributed by atoms with van der Waals surface area (Å²) in [6.07, 6.45) is 5.08. The molecule has 0 bridgehead atoms. The average molecular weight is 233 g/mol. The maximum Gasteiger partial charge on any atom is 0.0912 e. The summed E-state index contributed by atoms with van der Waals surface area (Å²) >= 11 is 0. The highest BCUT2D eigenvalue weighted by Gasteiger charge is 1.79. The molecule has 1 heteroatoms. The topological polar surface area (TPSA) is 23.8 Å². The van der Waals surface area contributed by atoms with Crippen molar-refractivity contribution in [2.45, 2.75) is 0 Å². The summed E-state index contributed by atoms with van der Waals surface area (Å²) in [5.74, 6) is 0. The lowest BCUT2D eigenvalue weighted by atomic mass is 10.2. The molecule has 2 aromatic carbocycles. The first kappa shape index (κ1) is 13.5. The summed E-state index contributed by atoms with van der Waals surface area (Å²) in [5.41, 5.74) is 2.23. The van der Waals surface area contributed by atoms with Crippen molar-refractivity contribution in [2.24, 2.45) is 0 Å². The largest absolute Gasteiger partial charge is 0.193 e. The van der Waals surface area contributed by atoms with Crippen molar-refractivity contribution in [3.05, 3.63) is 84.4 Å². The Morgan fingerprint density at radius 2 is 1.33 bits per heavy atom. The highest BCUT2D eigenvalue weighted by Crippen LogP contribution is 1.99. The molecule has 18 heavy (non-hydrogen) atoms. The number of benzene rings is 2. The molecular weight excluding hydrogens is 218 g/mol. The van der Waals surface area contributed by atoms with Gasteiger partial charge in [-0.1, -0.05) is 73.3 Å². The second-order valence-corrected chi connectivity index (χ2v) is 3.49. The van der Waals surface area contributed by atoms with E-state index in [1.807, 2.05) is 72.8 Å². The maximum atomic E-state index is 8.19. The molecule has 0 aliphatic rings. The Hall–Kier alpha value is -2.59. The SMILES string of the molecule is C=Cc1ccccc1.N#CC=Cc1ccccc1. The fourth-order valence-corrected chi connectivity index (χ4v) is 1.29. The molecule has 88 valence electrons. The van der Waals surface area contributed by atoms with E-state index in [1.165, 1.54) is 11.6 Å². The first-order valence-electron chi connectivity index (χ1n) is 5.65. The fourth-order valence-electron chi connectivity index (χ4n) is 1.29. The Morgan fingerprint density at radius 1 is 0.833 bits per heavy atom. The molecule has 0 N–H and O–H groups in total. The van der Waals surface area contributed by atoms with Crippen LogP contribution in [0.5, 0.6) is 0 Å². The molecule has 0 aromatic heterocycles. The minimum atomic E-state index is 1.06. The number of nitrogens with zero attached hydrogens (tertiary/aromatic N) is 1. The van der Waals surface area contributed by atoms with Gasteiger partial charge in [0.2, 0.25) is 0 Å². The molecule has 2 aromatic rings. The van der Waals surface area contributed by atoms with Crippen LogP contribution in [0, 0.1) is 11.3 Å². The molecule has 1 nitrogen and oxygen atoms in total. The van der Waals surface area contributed by atoms with E-state index in [9.17, 15) is 0 Å². The zero-order valence-electron chi connectivity index (χ0n) is 10.2. The fraction of sp³-hybridized carbons (Fsp3) is 0. The van der Waals surface area contributed by atoms with Crippen LogP contribution in [-0.4, -0.2) is 0 Å². The van der Waals surface area contributed by atoms with E-state index in [0.29, 0.717) is 0 Å². The van der Waals surface area contributed by atoms with Gasteiger partial charge in [-0.3, -0.25) is 0 Å². The van der Waals surface area contributed by atoms with Gasteiger partial charge in [-0.15, -0.1) is 0 Å². The van der Waals surface area contributed by atoms with Gasteiger partial charge in [-0.05, 0) is 17.2 Å². The van der Waals surface area contributed by atoms with Crippen LogP contribution in [0.1, 0.15) is 11.1 Å². The van der Waals surface area contributed by atoms with Gasteiger partial charge >= 0.3 is 0 Å². The lowest BCUT2D eigenvalue weighted by molar-refractivity contribution is 1.54. The smallest absolute Gasteiger partial charge is 0.0912 e. The van der Waals surface area contributed by atoms with Crippen molar-refractivity contribution in [2.75, 3.05) is 0 Å². The lowest BCUT2D eigenvalue weighted by Crippen LogP contribution is -1.65. The van der Waals surface area contributed by atoms with Crippen molar-refractivity contribution in [3.63, 3.8) is 0 Å². The Labute approximate surface area is 108 Å². The van der Waals surface area contributed by atoms with Crippen LogP contribution in [-0.2, 0) is 0 Å². The van der Waals surface area contributed by atoms with Crippen LogP contribution in [0.3, 0.4) is 0 Å². The summed E-state index contributed by atoms with van der Waals surface area (Å²) in [6, 6.07) is 21.7. The summed E-state index contributed by atoms with van der Waals surface area (Å²) < 4.78 is 0. The van der Waals surface area contributed by atoms with Gasteiger partial charge in [0.1, 0.15) is 0 Å². The summed E-state index contributed by atoms with van der Waals surface area (Å²) in [7, 11) is 0. The van der Waals surface area contributed by atoms with Crippen LogP contribution in [0.25, 0.3) is 12.2 Å². The Kier molecular flexibility index (Phi) is 6.40. The highest BCUT2D eigenvalue weighted by molar-refractivity contribution is 5.51. The predicted molar refractivity (Wildman–Crippen MR) is 77.6 cm³/mol. The van der Waals surface area contributed by atoms with E-state index < -0.39 is 0 Å². The minimum Gasteiger partial charge on any atom is -0.193 e. The summed E-state index contributed by atoms with van der Waals surface area (Å²) in [4.78, 5) is 0. The maximum absolute atomic E-state index is 8.19. The van der Waals surface area contributed by atoms with E-state index in [1.54, 1.807) is 6.08 Å². The van der Waals surface area contributed by atoms with E-state index >= 15 is 0 Å². The molecule has 0 saturated carbocycles. The first-order valence-corrected chi connectivity index (χ1v) is 5.65. The van der Waals surface area contributed by atoms with Crippen molar-refractivity contribution in [1.29, 1.82) is 5.26 Å². The quantitative estimate of drug-likeness (QED) is 0.698. The summed E-state index contributed by atoms with van der Waals surface area (Å²) in [6.45, 7) is 3.63. The van der Waals surface area contributed by atoms with E-state index in [2.05, 4.69) is 6.58 Å². The molecule has 0 spiro atoms. The van der Waals surface area contributed by atoms with Gasteiger partial charge < -0.3 is 0 Å². The van der Waals surface area contributed by atoms with Crippen molar-refractivity contribution >= 4 is 12.2 Å². The molecule has 0 amide bonds. The average Bonchev–Trinajstić information content (AvgIpc) is 2.48. The zero-order valence-corrected chi connectivity index (χ0v) is 10.2. The predicted octanol–water partition coefficient (Wildman–Crippen LogP) is 4.55. The van der Waals surface area contributed by atoms with E-state index in [4.69, 9.17) is 5.26 Å². The Morgan fingerprint density at radius 3 is 1.72 bits per heavy atom. The standard InChI is InChI=1S/C9H7N.C8H8/c10-8-4-7-9-5-2-1-3-6-9;1-2-8-6-4-3-5-7-8/h1-7H;2-7H,1H2. The highest BCUT2D eigenvalue weighted by atomic mass is 14.2. The molecule has 0 heterocycles. The van der Waals surface area contributed by atoms with Crippen molar-refractivity contribution in [1.82, 2.24) is 0 Å². The molecule has 2 rings (SSSR count). The zero-order chi connectivity index (χ0) is 13.1. The molecule has 0 saturated heterocycles. The van der Waals surface area contributed by atoms with Gasteiger partial charge in [0.15, 0.2) is 0 Å². The number of rotatable bonds is 2. The van der Waals surface area contributed by atoms with Crippen LogP contribution < -0.4 is 0 Å². The van der Waals surface area contributed by atoms with Crippen molar-refractivity contribution < 1.29 is 0 Å². The molecule has 0 fully saturated rings. The first-order chi connectivity index (χ1) is 8.86. The normalized spacial score (nSPS) is 9.06. The van der Waals surface area contributed by atoms with Gasteiger partial charge in [0.25, 0.3) is 0 Å². The molecule has 0 atom stereocenters. The minimum absolute atomic E-state index is 1.06. The van der Waals surface area contributed by atoms with Gasteiger partial charge in [0.05, 0.1) is 6.07 Å². The van der Waals surface area contributed by atoms with Crippen LogP contribution in [0.2, 0.25) is 0 Å². The Balaban J connectivity index is 0.000000184. The van der Waals surface area contributed by atoms with Crippen molar-refractivity contribution in [3.8, 4) is 6.07 Å². The van der Waals surface area contributed by atoms with Crippen LogP contribution in [0.15, 0.2) is 73.3 Å². The van der Waals surface area contributed by atoms with Gasteiger partial charge in [-0.2, -0.15) is 5.26 Å². The molecule has 0 unspecified atom stereocenters. The van der Waals surface area contributed by atoms with Crippen LogP contribution >= 0.6 is 0 Å². The van der Waals surface area contributed by atoms with Crippen LogP contribution in [0.4, 0.5) is 0 Å². The lowest BCUT2D eigenvalue weighted by Gasteiger charge is -1.86. The molecule has 0 aliphatic heterocycles. The number of nitriles is 1. The third-order valence-electron chi connectivity index (χ3n) is 2.19. The van der Waals surface area contributed by atoms with Gasteiger partial charge in [0, 0.05) is 6.08 Å². The second kappa shape index (κ2) is 8.55. The number of hydrogen-bond acceptors (Lipinski definition) is 1. The Bertz CT molecular complexity index is 519.